The molecule has 0 radical (unpaired) electrons. The van der Waals surface area contributed by atoms with Crippen molar-refractivity contribution in [3.05, 3.63) is 60.0 Å². The number of aromatic nitrogens is 5. The van der Waals surface area contributed by atoms with Gasteiger partial charge in [-0.15, -0.1) is 0 Å². The van der Waals surface area contributed by atoms with Crippen LogP contribution < -0.4 is 16.0 Å². The Bertz CT molecular complexity index is 1730. The first kappa shape index (κ1) is 27.6. The van der Waals surface area contributed by atoms with Crippen LogP contribution >= 0.6 is 0 Å². The van der Waals surface area contributed by atoms with Crippen LogP contribution in [-0.2, 0) is 6.54 Å². The fourth-order valence-electron chi connectivity index (χ4n) is 5.06. The van der Waals surface area contributed by atoms with Gasteiger partial charge >= 0.3 is 0 Å². The van der Waals surface area contributed by atoms with Crippen LogP contribution in [0.4, 0.5) is 20.4 Å². The highest BCUT2D eigenvalue weighted by molar-refractivity contribution is 5.95. The summed E-state index contributed by atoms with van der Waals surface area (Å²) in [5, 5.41) is 30.5. The van der Waals surface area contributed by atoms with Crippen molar-refractivity contribution < 1.29 is 28.2 Å². The topological polar surface area (TPSA) is 163 Å². The number of nitrogens with one attached hydrogen (secondary N) is 1. The molecule has 4 aromatic heterocycles. The Labute approximate surface area is 237 Å². The third kappa shape index (κ3) is 5.24. The number of hydrogen-bond donors (Lipinski definition) is 4. The summed E-state index contributed by atoms with van der Waals surface area (Å²) in [6.45, 7) is 2.53. The third-order valence-corrected chi connectivity index (χ3v) is 7.34. The summed E-state index contributed by atoms with van der Waals surface area (Å²) in [6, 6.07) is 7.36. The molecule has 0 aliphatic carbocycles. The lowest BCUT2D eigenvalue weighted by Crippen LogP contribution is -2.47. The van der Waals surface area contributed by atoms with E-state index in [4.69, 9.17) is 15.3 Å². The maximum absolute atomic E-state index is 14.7. The summed E-state index contributed by atoms with van der Waals surface area (Å²) in [4.78, 5) is 20.9. The van der Waals surface area contributed by atoms with Crippen molar-refractivity contribution in [2.45, 2.75) is 12.6 Å². The molecular formula is C27H29F2N9O4. The van der Waals surface area contributed by atoms with E-state index in [0.717, 1.165) is 10.9 Å². The Morgan fingerprint density at radius 1 is 1.14 bits per heavy atom. The van der Waals surface area contributed by atoms with Crippen LogP contribution in [0, 0.1) is 11.6 Å². The monoisotopic (exact) mass is 581 g/mol. The van der Waals surface area contributed by atoms with Gasteiger partial charge in [-0.25, -0.2) is 13.5 Å². The van der Waals surface area contributed by atoms with Gasteiger partial charge in [-0.2, -0.15) is 19.7 Å². The second kappa shape index (κ2) is 11.3. The normalized spacial score (nSPS) is 15.1. The van der Waals surface area contributed by atoms with E-state index in [-0.39, 0.29) is 23.7 Å². The fourth-order valence-corrected chi connectivity index (χ4v) is 5.06. The second-order valence-corrected chi connectivity index (χ2v) is 10.0. The molecule has 220 valence electrons. The highest BCUT2D eigenvalue weighted by Gasteiger charge is 2.24. The minimum Gasteiger partial charge on any atom is -0.463 e. The third-order valence-electron chi connectivity index (χ3n) is 7.34. The minimum absolute atomic E-state index is 0.125. The van der Waals surface area contributed by atoms with Gasteiger partial charge in [0.05, 0.1) is 53.9 Å². The molecule has 1 atom stereocenters. The number of rotatable bonds is 9. The molecule has 0 unspecified atom stereocenters. The molecule has 0 spiro atoms. The van der Waals surface area contributed by atoms with Crippen molar-refractivity contribution in [3.63, 3.8) is 0 Å². The number of aliphatic hydroxyl groups is 2. The number of nitrogens with zero attached hydrogens (tertiary/aromatic N) is 7. The van der Waals surface area contributed by atoms with Crippen LogP contribution in [0.25, 0.3) is 28.0 Å². The van der Waals surface area contributed by atoms with E-state index in [0.29, 0.717) is 62.4 Å². The average Bonchev–Trinajstić information content (AvgIpc) is 3.75. The molecular weight excluding hydrogens is 552 g/mol. The molecule has 42 heavy (non-hydrogen) atoms. The van der Waals surface area contributed by atoms with Crippen LogP contribution in [0.3, 0.4) is 0 Å². The zero-order valence-electron chi connectivity index (χ0n) is 22.5. The van der Waals surface area contributed by atoms with Crippen LogP contribution in [0.1, 0.15) is 10.4 Å². The molecule has 5 heterocycles. The molecule has 1 fully saturated rings. The van der Waals surface area contributed by atoms with Gasteiger partial charge in [0.1, 0.15) is 17.3 Å². The number of anilines is 2. The number of fused-ring (bicyclic) bond motifs is 3. The van der Waals surface area contributed by atoms with Gasteiger partial charge in [0.25, 0.3) is 5.91 Å². The number of furan rings is 1. The number of aliphatic hydroxyl groups excluding tert-OH is 2. The molecule has 5 aromatic rings. The molecule has 15 heteroatoms. The largest absolute Gasteiger partial charge is 0.463 e. The Hall–Kier alpha value is -4.60. The molecule has 5 N–H and O–H groups in total. The quantitative estimate of drug-likeness (QED) is 0.198. The van der Waals surface area contributed by atoms with Gasteiger partial charge in [0.2, 0.25) is 5.95 Å². The van der Waals surface area contributed by atoms with E-state index in [1.165, 1.54) is 6.07 Å². The van der Waals surface area contributed by atoms with E-state index in [9.17, 15) is 18.7 Å². The number of hydrogen-bond acceptors (Lipinski definition) is 10. The number of carbonyl (C=O) groups excluding carboxylic acids is 1. The molecule has 6 rings (SSSR count). The lowest BCUT2D eigenvalue weighted by atomic mass is 10.1. The van der Waals surface area contributed by atoms with E-state index >= 15 is 0 Å². The van der Waals surface area contributed by atoms with Gasteiger partial charge in [-0.05, 0) is 24.3 Å². The summed E-state index contributed by atoms with van der Waals surface area (Å²) in [5.74, 6) is -1.72. The van der Waals surface area contributed by atoms with Crippen LogP contribution in [0.15, 0.2) is 47.2 Å². The molecule has 1 aliphatic heterocycles. The number of benzene rings is 1. The van der Waals surface area contributed by atoms with E-state index < -0.39 is 30.3 Å². The van der Waals surface area contributed by atoms with Gasteiger partial charge in [-0.1, -0.05) is 0 Å². The van der Waals surface area contributed by atoms with E-state index in [1.54, 1.807) is 32.6 Å². The van der Waals surface area contributed by atoms with E-state index in [1.807, 2.05) is 12.1 Å². The lowest BCUT2D eigenvalue weighted by molar-refractivity contribution is 0.0799. The predicted molar refractivity (Wildman–Crippen MR) is 149 cm³/mol. The SMILES string of the molecule is Nc1nc2c(cnn2CCN2CCN(c3cc(C(=O)NC[C@@H](O)CO)c(F)cc3F)CC2)c2cc(-c3ccco3)nn12. The Morgan fingerprint density at radius 3 is 2.69 bits per heavy atom. The fraction of sp³-hybridized carbons (Fsp3) is 0.333. The number of halogens is 2. The first-order valence-corrected chi connectivity index (χ1v) is 13.4. The molecule has 1 amide bonds. The van der Waals surface area contributed by atoms with Crippen LogP contribution in [0.5, 0.6) is 0 Å². The zero-order valence-corrected chi connectivity index (χ0v) is 22.5. The molecule has 0 saturated carbocycles. The summed E-state index contributed by atoms with van der Waals surface area (Å²) in [7, 11) is 0. The van der Waals surface area contributed by atoms with E-state index in [2.05, 4.69) is 25.4 Å². The van der Waals surface area contributed by atoms with Gasteiger partial charge < -0.3 is 30.6 Å². The Morgan fingerprint density at radius 2 is 1.95 bits per heavy atom. The Kier molecular flexibility index (Phi) is 7.45. The summed E-state index contributed by atoms with van der Waals surface area (Å²) >= 11 is 0. The van der Waals surface area contributed by atoms with Crippen molar-refractivity contribution >= 4 is 34.1 Å². The number of nitrogens with two attached hydrogens (primary N) is 1. The number of amides is 1. The van der Waals surface area contributed by atoms with Crippen LogP contribution in [0.2, 0.25) is 0 Å². The van der Waals surface area contributed by atoms with Crippen molar-refractivity contribution in [2.24, 2.45) is 0 Å². The molecule has 1 aliphatic rings. The molecule has 1 aromatic carbocycles. The number of piperazine rings is 1. The van der Waals surface area contributed by atoms with Gasteiger partial charge in [-0.3, -0.25) is 9.69 Å². The molecule has 13 nitrogen and oxygen atoms in total. The van der Waals surface area contributed by atoms with Crippen molar-refractivity contribution in [2.75, 3.05) is 56.5 Å². The highest BCUT2D eigenvalue weighted by Crippen LogP contribution is 2.27. The molecule has 0 bridgehead atoms. The number of carbonyl (C=O) groups is 1. The highest BCUT2D eigenvalue weighted by atomic mass is 19.1. The zero-order chi connectivity index (χ0) is 29.4. The maximum Gasteiger partial charge on any atom is 0.254 e. The van der Waals surface area contributed by atoms with Crippen molar-refractivity contribution in [1.29, 1.82) is 0 Å². The van der Waals surface area contributed by atoms with Crippen molar-refractivity contribution in [3.8, 4) is 11.5 Å². The summed E-state index contributed by atoms with van der Waals surface area (Å²) < 4.78 is 37.9. The number of nitrogen functional groups attached to an aromatic ring is 1. The van der Waals surface area contributed by atoms with Crippen molar-refractivity contribution in [1.82, 2.24) is 34.6 Å². The predicted octanol–water partition coefficient (Wildman–Crippen LogP) is 1.10. The smallest absolute Gasteiger partial charge is 0.254 e. The first-order valence-electron chi connectivity index (χ1n) is 13.4. The molecule has 1 saturated heterocycles. The Balaban J connectivity index is 1.11. The first-order chi connectivity index (χ1) is 20.3. The van der Waals surface area contributed by atoms with Crippen LogP contribution in [-0.4, -0.2) is 97.4 Å². The minimum atomic E-state index is -1.18. The lowest BCUT2D eigenvalue weighted by Gasteiger charge is -2.36. The average molecular weight is 582 g/mol. The summed E-state index contributed by atoms with van der Waals surface area (Å²) in [5.41, 5.74) is 8.04. The maximum atomic E-state index is 14.7. The summed E-state index contributed by atoms with van der Waals surface area (Å²) in [6.07, 6.45) is 2.14. The van der Waals surface area contributed by atoms with Gasteiger partial charge in [0.15, 0.2) is 11.4 Å². The standard InChI is InChI=1S/C27H29F2N9O4/c28-19-11-20(29)23(10-17(19)26(41)31-13-16(40)15-39)36-6-3-35(4-7-36)5-8-37-25-18(14-32-37)22-12-21(24-2-1-9-42-24)34-38(22)27(30)33-25/h1-2,9-12,14,16,39-40H,3-8,13,15H2,(H2,30,33)(H,31,41)/t16-/m1/s1. The second-order valence-electron chi connectivity index (χ2n) is 10.0. The van der Waals surface area contributed by atoms with Gasteiger partial charge in [0, 0.05) is 45.3 Å².